The fourth-order valence-corrected chi connectivity index (χ4v) is 2.12. The molecule has 2 aromatic carbocycles. The van der Waals surface area contributed by atoms with Gasteiger partial charge in [-0.05, 0) is 41.5 Å². The number of nitriles is 1. The molecule has 0 heterocycles. The van der Waals surface area contributed by atoms with Crippen LogP contribution in [-0.2, 0) is 11.3 Å². The van der Waals surface area contributed by atoms with Crippen LogP contribution in [0.2, 0.25) is 0 Å². The molecular formula is C20H17F3N2O3. The van der Waals surface area contributed by atoms with Crippen molar-refractivity contribution in [3.63, 3.8) is 0 Å². The molecule has 0 spiro atoms. The van der Waals surface area contributed by atoms with Crippen LogP contribution in [-0.4, -0.2) is 25.3 Å². The molecule has 2 aromatic rings. The quantitative estimate of drug-likeness (QED) is 0.695. The monoisotopic (exact) mass is 390 g/mol. The van der Waals surface area contributed by atoms with Crippen molar-refractivity contribution < 1.29 is 27.4 Å². The molecule has 1 N–H and O–H groups in total. The van der Waals surface area contributed by atoms with E-state index >= 15 is 0 Å². The molecule has 0 saturated heterocycles. The van der Waals surface area contributed by atoms with Crippen LogP contribution in [0.15, 0.2) is 54.6 Å². The number of nitrogens with zero attached hydrogens (tertiary/aromatic N) is 1. The van der Waals surface area contributed by atoms with Crippen molar-refractivity contribution in [3.8, 4) is 17.6 Å². The minimum absolute atomic E-state index is 0.0416. The third-order valence-electron chi connectivity index (χ3n) is 3.38. The normalized spacial score (nSPS) is 11.1. The van der Waals surface area contributed by atoms with Gasteiger partial charge in [0.25, 0.3) is 0 Å². The fraction of sp³-hybridized carbons (Fsp3) is 0.200. The molecule has 0 atom stereocenters. The van der Waals surface area contributed by atoms with Gasteiger partial charge >= 0.3 is 6.18 Å². The maximum atomic E-state index is 12.2. The highest BCUT2D eigenvalue weighted by atomic mass is 19.4. The van der Waals surface area contributed by atoms with Gasteiger partial charge in [-0.3, -0.25) is 4.79 Å². The van der Waals surface area contributed by atoms with E-state index in [1.807, 2.05) is 6.07 Å². The van der Waals surface area contributed by atoms with Gasteiger partial charge in [-0.25, -0.2) is 0 Å². The lowest BCUT2D eigenvalue weighted by atomic mass is 10.2. The van der Waals surface area contributed by atoms with Crippen molar-refractivity contribution in [1.29, 1.82) is 5.26 Å². The van der Waals surface area contributed by atoms with Gasteiger partial charge in [0.1, 0.15) is 17.6 Å². The number of benzene rings is 2. The third kappa shape index (κ3) is 7.83. The Bertz CT molecular complexity index is 856. The zero-order valence-electron chi connectivity index (χ0n) is 14.7. The maximum Gasteiger partial charge on any atom is 0.422 e. The summed E-state index contributed by atoms with van der Waals surface area (Å²) in [5, 5.41) is 11.1. The highest BCUT2D eigenvalue weighted by Gasteiger charge is 2.28. The molecule has 0 radical (unpaired) electrons. The molecule has 0 saturated carbocycles. The summed E-state index contributed by atoms with van der Waals surface area (Å²) in [5.41, 5.74) is 1.38. The first-order valence-electron chi connectivity index (χ1n) is 8.20. The lowest BCUT2D eigenvalue weighted by Crippen LogP contribution is -2.21. The molecule has 0 aliphatic rings. The Balaban J connectivity index is 1.83. The van der Waals surface area contributed by atoms with E-state index in [0.29, 0.717) is 11.3 Å². The van der Waals surface area contributed by atoms with Crippen LogP contribution < -0.4 is 14.8 Å². The topological polar surface area (TPSA) is 71.3 Å². The third-order valence-corrected chi connectivity index (χ3v) is 3.38. The van der Waals surface area contributed by atoms with Crippen LogP contribution in [0, 0.1) is 11.3 Å². The number of rotatable bonds is 8. The van der Waals surface area contributed by atoms with Crippen molar-refractivity contribution in [2.45, 2.75) is 12.7 Å². The molecule has 28 heavy (non-hydrogen) atoms. The highest BCUT2D eigenvalue weighted by Crippen LogP contribution is 2.19. The average Bonchev–Trinajstić information content (AvgIpc) is 2.68. The summed E-state index contributed by atoms with van der Waals surface area (Å²) in [7, 11) is 0. The lowest BCUT2D eigenvalue weighted by molar-refractivity contribution is -0.153. The summed E-state index contributed by atoms with van der Waals surface area (Å²) in [6.45, 7) is -1.26. The summed E-state index contributed by atoms with van der Waals surface area (Å²) in [4.78, 5) is 11.9. The van der Waals surface area contributed by atoms with Crippen LogP contribution in [0.5, 0.6) is 11.5 Å². The van der Waals surface area contributed by atoms with Gasteiger partial charge in [-0.1, -0.05) is 24.3 Å². The number of carbonyl (C=O) groups excluding carboxylic acids is 1. The number of hydrogen-bond acceptors (Lipinski definition) is 4. The molecule has 1 amide bonds. The Hall–Kier alpha value is -3.47. The average molecular weight is 390 g/mol. The van der Waals surface area contributed by atoms with Gasteiger partial charge in [0.05, 0.1) is 0 Å². The number of halogens is 3. The summed E-state index contributed by atoms with van der Waals surface area (Å²) >= 11 is 0. The van der Waals surface area contributed by atoms with Gasteiger partial charge in [0.15, 0.2) is 13.2 Å². The maximum absolute atomic E-state index is 12.2. The minimum atomic E-state index is -4.41. The number of amides is 1. The van der Waals surface area contributed by atoms with Crippen molar-refractivity contribution in [1.82, 2.24) is 5.32 Å². The van der Waals surface area contributed by atoms with Gasteiger partial charge in [-0.2, -0.15) is 18.4 Å². The largest absolute Gasteiger partial charge is 0.484 e. The molecular weight excluding hydrogens is 373 g/mol. The van der Waals surface area contributed by atoms with E-state index in [1.165, 1.54) is 18.2 Å². The second kappa shape index (κ2) is 10.0. The fourth-order valence-electron chi connectivity index (χ4n) is 2.12. The van der Waals surface area contributed by atoms with Crippen molar-refractivity contribution >= 4 is 12.0 Å². The van der Waals surface area contributed by atoms with E-state index in [1.54, 1.807) is 42.5 Å². The van der Waals surface area contributed by atoms with E-state index in [2.05, 4.69) is 10.1 Å². The first-order chi connectivity index (χ1) is 13.4. The van der Waals surface area contributed by atoms with Gasteiger partial charge in [-0.15, -0.1) is 0 Å². The van der Waals surface area contributed by atoms with Crippen LogP contribution in [0.25, 0.3) is 6.08 Å². The summed E-state index contributed by atoms with van der Waals surface area (Å²) < 4.78 is 46.4. The lowest BCUT2D eigenvalue weighted by Gasteiger charge is -2.10. The molecule has 0 aliphatic carbocycles. The predicted molar refractivity (Wildman–Crippen MR) is 96.4 cm³/mol. The molecule has 5 nitrogen and oxygen atoms in total. The number of ether oxygens (including phenoxy) is 2. The van der Waals surface area contributed by atoms with Gasteiger partial charge in [0.2, 0.25) is 5.91 Å². The first-order valence-corrected chi connectivity index (χ1v) is 8.20. The van der Waals surface area contributed by atoms with E-state index < -0.39 is 12.8 Å². The predicted octanol–water partition coefficient (Wildman–Crippen LogP) is 3.86. The molecule has 0 aliphatic heterocycles. The van der Waals surface area contributed by atoms with Crippen molar-refractivity contribution in [2.24, 2.45) is 0 Å². The zero-order valence-corrected chi connectivity index (χ0v) is 14.7. The van der Waals surface area contributed by atoms with E-state index in [4.69, 9.17) is 10.00 Å². The summed E-state index contributed by atoms with van der Waals surface area (Å²) in [5.74, 6) is 0.278. The number of nitrogens with one attached hydrogen (secondary N) is 1. The van der Waals surface area contributed by atoms with E-state index in [0.717, 1.165) is 5.56 Å². The highest BCUT2D eigenvalue weighted by molar-refractivity contribution is 5.91. The molecule has 8 heteroatoms. The smallest absolute Gasteiger partial charge is 0.422 e. The molecule has 0 aromatic heterocycles. The standard InChI is InChI=1S/C20H17F3N2O3/c21-20(22,23)14-28-18-3-1-2-16(12-18)13-25-19(26)9-6-15-4-7-17(8-5-15)27-11-10-24/h1-9,12H,11,13-14H2,(H,25,26). The SMILES string of the molecule is N#CCOc1ccc(C=CC(=O)NCc2cccc(OCC(F)(F)F)c2)cc1. The first kappa shape index (κ1) is 20.8. The molecule has 0 unspecified atom stereocenters. The van der Waals surface area contributed by atoms with Crippen LogP contribution in [0.1, 0.15) is 11.1 Å². The minimum Gasteiger partial charge on any atom is -0.484 e. The molecule has 0 bridgehead atoms. The summed E-state index contributed by atoms with van der Waals surface area (Å²) in [6, 6.07) is 14.8. The van der Waals surface area contributed by atoms with E-state index in [-0.39, 0.29) is 24.8 Å². The second-order valence-corrected chi connectivity index (χ2v) is 5.62. The van der Waals surface area contributed by atoms with Gasteiger partial charge in [0, 0.05) is 12.6 Å². The number of hydrogen-bond donors (Lipinski definition) is 1. The Morgan fingerprint density at radius 3 is 2.54 bits per heavy atom. The number of alkyl halides is 3. The number of carbonyl (C=O) groups is 1. The van der Waals surface area contributed by atoms with Gasteiger partial charge < -0.3 is 14.8 Å². The van der Waals surface area contributed by atoms with Crippen molar-refractivity contribution in [3.05, 3.63) is 65.7 Å². The Kier molecular flexibility index (Phi) is 7.45. The second-order valence-electron chi connectivity index (χ2n) is 5.62. The molecule has 0 fully saturated rings. The summed E-state index contributed by atoms with van der Waals surface area (Å²) in [6.07, 6.45) is -1.46. The Morgan fingerprint density at radius 1 is 1.11 bits per heavy atom. The Morgan fingerprint density at radius 2 is 1.86 bits per heavy atom. The molecule has 146 valence electrons. The Labute approximate surface area is 160 Å². The van der Waals surface area contributed by atoms with Crippen LogP contribution >= 0.6 is 0 Å². The van der Waals surface area contributed by atoms with Crippen LogP contribution in [0.4, 0.5) is 13.2 Å². The molecule has 2 rings (SSSR count). The van der Waals surface area contributed by atoms with E-state index in [9.17, 15) is 18.0 Å². The zero-order chi connectivity index (χ0) is 20.4. The van der Waals surface area contributed by atoms with Crippen molar-refractivity contribution in [2.75, 3.05) is 13.2 Å². The van der Waals surface area contributed by atoms with Crippen LogP contribution in [0.3, 0.4) is 0 Å².